The van der Waals surface area contributed by atoms with Crippen molar-refractivity contribution in [3.8, 4) is 0 Å². The van der Waals surface area contributed by atoms with E-state index >= 15 is 0 Å². The van der Waals surface area contributed by atoms with Gasteiger partial charge in [-0.3, -0.25) is 0 Å². The summed E-state index contributed by atoms with van der Waals surface area (Å²) in [5.74, 6) is -0.305. The summed E-state index contributed by atoms with van der Waals surface area (Å²) in [4.78, 5) is 0. The van der Waals surface area contributed by atoms with E-state index in [1.165, 1.54) is 22.8 Å². The summed E-state index contributed by atoms with van der Waals surface area (Å²) >= 11 is 0. The van der Waals surface area contributed by atoms with Crippen molar-refractivity contribution in [2.24, 2.45) is 0 Å². The van der Waals surface area contributed by atoms with Crippen LogP contribution in [0, 0.1) is 19.7 Å². The molecule has 100 valence electrons. The fourth-order valence-electron chi connectivity index (χ4n) is 2.12. The van der Waals surface area contributed by atoms with Crippen LogP contribution < -0.4 is 11.1 Å². The van der Waals surface area contributed by atoms with Crippen molar-refractivity contribution in [2.75, 3.05) is 17.6 Å². The Morgan fingerprint density at radius 1 is 1.16 bits per heavy atom. The second kappa shape index (κ2) is 5.74. The van der Waals surface area contributed by atoms with Gasteiger partial charge in [-0.2, -0.15) is 0 Å². The number of hydrogen-bond acceptors (Lipinski definition) is 2. The van der Waals surface area contributed by atoms with Crippen LogP contribution in [0.25, 0.3) is 0 Å². The number of aryl methyl sites for hydroxylation is 2. The van der Waals surface area contributed by atoms with E-state index in [1.54, 1.807) is 12.1 Å². The number of nitrogens with two attached hydrogens (primary N) is 1. The van der Waals surface area contributed by atoms with Gasteiger partial charge in [-0.25, -0.2) is 4.39 Å². The van der Waals surface area contributed by atoms with Gasteiger partial charge < -0.3 is 11.1 Å². The van der Waals surface area contributed by atoms with Gasteiger partial charge in [0, 0.05) is 6.54 Å². The fourth-order valence-corrected chi connectivity index (χ4v) is 2.12. The van der Waals surface area contributed by atoms with Crippen LogP contribution >= 0.6 is 0 Å². The van der Waals surface area contributed by atoms with Crippen LogP contribution in [0.3, 0.4) is 0 Å². The van der Waals surface area contributed by atoms with E-state index in [9.17, 15) is 4.39 Å². The monoisotopic (exact) mass is 258 g/mol. The quantitative estimate of drug-likeness (QED) is 0.821. The van der Waals surface area contributed by atoms with Gasteiger partial charge in [0.1, 0.15) is 5.82 Å². The zero-order valence-electron chi connectivity index (χ0n) is 11.3. The van der Waals surface area contributed by atoms with Gasteiger partial charge in [0.05, 0.1) is 11.4 Å². The van der Waals surface area contributed by atoms with Crippen LogP contribution in [0.2, 0.25) is 0 Å². The average molecular weight is 258 g/mol. The van der Waals surface area contributed by atoms with Crippen LogP contribution in [-0.2, 0) is 6.42 Å². The smallest absolute Gasteiger partial charge is 0.148 e. The first kappa shape index (κ1) is 13.4. The number of halogens is 1. The highest BCUT2D eigenvalue weighted by Crippen LogP contribution is 2.21. The highest BCUT2D eigenvalue weighted by atomic mass is 19.1. The Bertz CT molecular complexity index is 559. The average Bonchev–Trinajstić information content (AvgIpc) is 2.37. The molecule has 3 heteroatoms. The zero-order chi connectivity index (χ0) is 13.8. The van der Waals surface area contributed by atoms with Crippen LogP contribution in [0.15, 0.2) is 36.4 Å². The number of nitrogens with one attached hydrogen (secondary N) is 1. The molecule has 0 aliphatic heterocycles. The third kappa shape index (κ3) is 3.25. The molecule has 0 fully saturated rings. The highest BCUT2D eigenvalue weighted by molar-refractivity contribution is 5.66. The number of rotatable bonds is 4. The summed E-state index contributed by atoms with van der Waals surface area (Å²) in [5.41, 5.74) is 10.4. The molecule has 0 aromatic heterocycles. The Kier molecular flexibility index (Phi) is 4.05. The summed E-state index contributed by atoms with van der Waals surface area (Å²) in [6.45, 7) is 4.83. The summed E-state index contributed by atoms with van der Waals surface area (Å²) in [5, 5.41) is 3.08. The van der Waals surface area contributed by atoms with Crippen LogP contribution in [0.1, 0.15) is 16.7 Å². The normalized spacial score (nSPS) is 10.5. The minimum absolute atomic E-state index is 0.305. The molecule has 0 radical (unpaired) electrons. The van der Waals surface area contributed by atoms with Gasteiger partial charge >= 0.3 is 0 Å². The topological polar surface area (TPSA) is 38.0 Å². The van der Waals surface area contributed by atoms with Crippen molar-refractivity contribution in [1.82, 2.24) is 0 Å². The van der Waals surface area contributed by atoms with E-state index in [0.717, 1.165) is 6.42 Å². The van der Waals surface area contributed by atoms with E-state index in [2.05, 4.69) is 37.4 Å². The Morgan fingerprint density at radius 2 is 1.95 bits per heavy atom. The summed E-state index contributed by atoms with van der Waals surface area (Å²) in [7, 11) is 0. The third-order valence-electron chi connectivity index (χ3n) is 3.25. The Balaban J connectivity index is 2.02. The largest absolute Gasteiger partial charge is 0.397 e. The molecule has 0 spiro atoms. The SMILES string of the molecule is Cc1ccc(C)c(CCNc2c(N)cccc2F)c1. The molecule has 19 heavy (non-hydrogen) atoms. The minimum Gasteiger partial charge on any atom is -0.397 e. The lowest BCUT2D eigenvalue weighted by Gasteiger charge is -2.11. The molecule has 3 N–H and O–H groups in total. The molecule has 0 atom stereocenters. The van der Waals surface area contributed by atoms with Crippen LogP contribution in [-0.4, -0.2) is 6.54 Å². The number of hydrogen-bond donors (Lipinski definition) is 2. The maximum atomic E-state index is 13.6. The first-order chi connectivity index (χ1) is 9.08. The van der Waals surface area contributed by atoms with Crippen LogP contribution in [0.4, 0.5) is 15.8 Å². The van der Waals surface area contributed by atoms with Crippen LogP contribution in [0.5, 0.6) is 0 Å². The molecule has 2 aromatic carbocycles. The van der Waals surface area contributed by atoms with Crippen molar-refractivity contribution in [3.63, 3.8) is 0 Å². The minimum atomic E-state index is -0.305. The Morgan fingerprint density at radius 3 is 2.68 bits per heavy atom. The molecule has 2 rings (SSSR count). The lowest BCUT2D eigenvalue weighted by molar-refractivity contribution is 0.630. The van der Waals surface area contributed by atoms with Gasteiger partial charge in [-0.1, -0.05) is 29.8 Å². The molecule has 0 amide bonds. The van der Waals surface area contributed by atoms with E-state index in [0.29, 0.717) is 17.9 Å². The molecule has 0 saturated heterocycles. The maximum absolute atomic E-state index is 13.6. The van der Waals surface area contributed by atoms with Crippen molar-refractivity contribution in [1.29, 1.82) is 0 Å². The van der Waals surface area contributed by atoms with Gasteiger partial charge in [0.25, 0.3) is 0 Å². The molecular weight excluding hydrogens is 239 g/mol. The molecule has 0 heterocycles. The van der Waals surface area contributed by atoms with E-state index in [4.69, 9.17) is 5.73 Å². The van der Waals surface area contributed by atoms with E-state index < -0.39 is 0 Å². The van der Waals surface area contributed by atoms with Crippen molar-refractivity contribution in [2.45, 2.75) is 20.3 Å². The summed E-state index contributed by atoms with van der Waals surface area (Å²) < 4.78 is 13.6. The molecule has 0 unspecified atom stereocenters. The molecule has 0 bridgehead atoms. The predicted octanol–water partition coefficient (Wildman–Crippen LogP) is 3.68. The lowest BCUT2D eigenvalue weighted by atomic mass is 10.0. The maximum Gasteiger partial charge on any atom is 0.148 e. The van der Waals surface area contributed by atoms with E-state index in [-0.39, 0.29) is 5.82 Å². The van der Waals surface area contributed by atoms with Crippen molar-refractivity contribution >= 4 is 11.4 Å². The zero-order valence-corrected chi connectivity index (χ0v) is 11.3. The van der Waals surface area contributed by atoms with Crippen molar-refractivity contribution < 1.29 is 4.39 Å². The molecular formula is C16H19FN2. The van der Waals surface area contributed by atoms with Crippen molar-refractivity contribution in [3.05, 3.63) is 58.9 Å². The number of anilines is 2. The molecule has 0 aliphatic carbocycles. The third-order valence-corrected chi connectivity index (χ3v) is 3.25. The Hall–Kier alpha value is -2.03. The van der Waals surface area contributed by atoms with Gasteiger partial charge in [-0.05, 0) is 43.5 Å². The first-order valence-electron chi connectivity index (χ1n) is 6.42. The summed E-state index contributed by atoms with van der Waals surface area (Å²) in [6.07, 6.45) is 0.848. The van der Waals surface area contributed by atoms with Gasteiger partial charge in [-0.15, -0.1) is 0 Å². The number of para-hydroxylation sites is 1. The highest BCUT2D eigenvalue weighted by Gasteiger charge is 2.05. The first-order valence-corrected chi connectivity index (χ1v) is 6.42. The fraction of sp³-hybridized carbons (Fsp3) is 0.250. The molecule has 2 nitrogen and oxygen atoms in total. The summed E-state index contributed by atoms with van der Waals surface area (Å²) in [6, 6.07) is 11.1. The second-order valence-electron chi connectivity index (χ2n) is 4.81. The number of nitrogen functional groups attached to an aromatic ring is 1. The molecule has 2 aromatic rings. The predicted molar refractivity (Wildman–Crippen MR) is 78.9 cm³/mol. The lowest BCUT2D eigenvalue weighted by Crippen LogP contribution is -2.09. The van der Waals surface area contributed by atoms with Gasteiger partial charge in [0.2, 0.25) is 0 Å². The standard InChI is InChI=1S/C16H19FN2/c1-11-6-7-12(2)13(10-11)8-9-19-16-14(17)4-3-5-15(16)18/h3-7,10,19H,8-9,18H2,1-2H3. The molecule has 0 saturated carbocycles. The Labute approximate surface area is 113 Å². The van der Waals surface area contributed by atoms with Gasteiger partial charge in [0.15, 0.2) is 0 Å². The second-order valence-corrected chi connectivity index (χ2v) is 4.81. The number of benzene rings is 2. The molecule has 0 aliphatic rings. The van der Waals surface area contributed by atoms with E-state index in [1.807, 2.05) is 0 Å².